The molecule has 1 amide bonds. The zero-order chi connectivity index (χ0) is 20.3. The highest BCUT2D eigenvalue weighted by molar-refractivity contribution is 7.91. The van der Waals surface area contributed by atoms with Crippen LogP contribution in [0.3, 0.4) is 0 Å². The number of para-hydroxylation sites is 1. The Labute approximate surface area is 172 Å². The number of carbonyl (C=O) groups excluding carboxylic acids is 1. The van der Waals surface area contributed by atoms with Crippen LogP contribution in [0.15, 0.2) is 76.0 Å². The van der Waals surface area contributed by atoms with Gasteiger partial charge < -0.3 is 9.73 Å². The Morgan fingerprint density at radius 1 is 1.00 bits per heavy atom. The molecular weight excluding hydrogens is 408 g/mol. The van der Waals surface area contributed by atoms with Gasteiger partial charge in [0.15, 0.2) is 26.4 Å². The largest absolute Gasteiger partial charge is 0.448 e. The van der Waals surface area contributed by atoms with Crippen molar-refractivity contribution in [1.29, 1.82) is 0 Å². The van der Waals surface area contributed by atoms with Gasteiger partial charge in [-0.3, -0.25) is 4.79 Å². The van der Waals surface area contributed by atoms with Crippen LogP contribution in [-0.4, -0.2) is 31.6 Å². The minimum absolute atomic E-state index is 0.0353. The van der Waals surface area contributed by atoms with Crippen molar-refractivity contribution in [2.75, 3.05) is 12.3 Å². The fourth-order valence-electron chi connectivity index (χ4n) is 2.85. The molecule has 1 N–H and O–H groups in total. The average molecular weight is 427 g/mol. The number of aromatic nitrogens is 1. The van der Waals surface area contributed by atoms with E-state index in [4.69, 9.17) is 4.42 Å². The van der Waals surface area contributed by atoms with Crippen LogP contribution in [0.4, 0.5) is 0 Å². The zero-order valence-corrected chi connectivity index (χ0v) is 17.0. The first-order valence-electron chi connectivity index (χ1n) is 9.05. The van der Waals surface area contributed by atoms with Gasteiger partial charge in [0.2, 0.25) is 0 Å². The van der Waals surface area contributed by atoms with Gasteiger partial charge in [-0.1, -0.05) is 30.3 Å². The molecule has 0 atom stereocenters. The minimum Gasteiger partial charge on any atom is -0.448 e. The van der Waals surface area contributed by atoms with Gasteiger partial charge in [0.05, 0.1) is 20.9 Å². The predicted molar refractivity (Wildman–Crippen MR) is 113 cm³/mol. The molecule has 8 heteroatoms. The summed E-state index contributed by atoms with van der Waals surface area (Å²) < 4.78 is 31.2. The fraction of sp³-hybridized carbons (Fsp3) is 0.143. The minimum atomic E-state index is -3.35. The molecule has 0 fully saturated rings. The molecule has 6 nitrogen and oxygen atoms in total. The molecule has 0 radical (unpaired) electrons. The van der Waals surface area contributed by atoms with E-state index < -0.39 is 9.84 Å². The molecular formula is C21H18N2O4S2. The first kappa shape index (κ1) is 19.4. The van der Waals surface area contributed by atoms with E-state index >= 15 is 0 Å². The van der Waals surface area contributed by atoms with Crippen molar-refractivity contribution in [2.24, 2.45) is 0 Å². The topological polar surface area (TPSA) is 89.3 Å². The number of nitrogens with zero attached hydrogens (tertiary/aromatic N) is 1. The Hall–Kier alpha value is -2.97. The SMILES string of the molecule is O=C(NCCCS(=O)(=O)c1ccccc1)c1ccc(-c2nc3ccccc3s2)o1. The number of sulfone groups is 1. The molecule has 2 aromatic carbocycles. The van der Waals surface area contributed by atoms with Crippen molar-refractivity contribution in [3.05, 3.63) is 72.5 Å². The van der Waals surface area contributed by atoms with Crippen molar-refractivity contribution in [3.8, 4) is 10.8 Å². The highest BCUT2D eigenvalue weighted by Crippen LogP contribution is 2.31. The Morgan fingerprint density at radius 3 is 2.55 bits per heavy atom. The van der Waals surface area contributed by atoms with Crippen LogP contribution >= 0.6 is 11.3 Å². The normalized spacial score (nSPS) is 11.6. The van der Waals surface area contributed by atoms with Crippen molar-refractivity contribution in [2.45, 2.75) is 11.3 Å². The standard InChI is InChI=1S/C21H18N2O4S2/c24-20(22-13-6-14-29(25,26)15-7-2-1-3-8-15)17-11-12-18(27-17)21-23-16-9-4-5-10-19(16)28-21/h1-5,7-12H,6,13-14H2,(H,22,24). The number of nitrogens with one attached hydrogen (secondary N) is 1. The lowest BCUT2D eigenvalue weighted by Crippen LogP contribution is -2.25. The fourth-order valence-corrected chi connectivity index (χ4v) is 5.11. The molecule has 4 rings (SSSR count). The van der Waals surface area contributed by atoms with Crippen molar-refractivity contribution in [1.82, 2.24) is 10.3 Å². The molecule has 0 aliphatic heterocycles. The number of fused-ring (bicyclic) bond motifs is 1. The van der Waals surface area contributed by atoms with E-state index in [9.17, 15) is 13.2 Å². The lowest BCUT2D eigenvalue weighted by Gasteiger charge is -2.05. The molecule has 0 aliphatic rings. The van der Waals surface area contributed by atoms with Gasteiger partial charge in [0.1, 0.15) is 0 Å². The Bertz CT molecular complexity index is 1210. The van der Waals surface area contributed by atoms with Crippen LogP contribution in [0, 0.1) is 0 Å². The number of hydrogen-bond donors (Lipinski definition) is 1. The molecule has 0 spiro atoms. The van der Waals surface area contributed by atoms with E-state index in [1.54, 1.807) is 42.5 Å². The molecule has 0 saturated carbocycles. The highest BCUT2D eigenvalue weighted by atomic mass is 32.2. The van der Waals surface area contributed by atoms with Gasteiger partial charge in [-0.2, -0.15) is 0 Å². The molecule has 148 valence electrons. The van der Waals surface area contributed by atoms with Crippen LogP contribution in [0.5, 0.6) is 0 Å². The maximum absolute atomic E-state index is 12.3. The Balaban J connectivity index is 1.34. The number of benzene rings is 2. The zero-order valence-electron chi connectivity index (χ0n) is 15.4. The molecule has 4 aromatic rings. The Morgan fingerprint density at radius 2 is 1.76 bits per heavy atom. The monoisotopic (exact) mass is 426 g/mol. The summed E-state index contributed by atoms with van der Waals surface area (Å²) in [4.78, 5) is 17.1. The maximum atomic E-state index is 12.3. The van der Waals surface area contributed by atoms with Gasteiger partial charge in [-0.15, -0.1) is 11.3 Å². The van der Waals surface area contributed by atoms with Crippen LogP contribution < -0.4 is 5.32 Å². The number of hydrogen-bond acceptors (Lipinski definition) is 6. The van der Waals surface area contributed by atoms with Gasteiger partial charge in [0, 0.05) is 6.54 Å². The van der Waals surface area contributed by atoms with E-state index in [0.717, 1.165) is 10.2 Å². The molecule has 2 heterocycles. The summed E-state index contributed by atoms with van der Waals surface area (Å²) in [6, 6.07) is 19.4. The highest BCUT2D eigenvalue weighted by Gasteiger charge is 2.16. The lowest BCUT2D eigenvalue weighted by atomic mass is 10.3. The van der Waals surface area contributed by atoms with Gasteiger partial charge >= 0.3 is 0 Å². The summed E-state index contributed by atoms with van der Waals surface area (Å²) in [5.41, 5.74) is 0.884. The van der Waals surface area contributed by atoms with Crippen LogP contribution in [0.25, 0.3) is 21.0 Å². The van der Waals surface area contributed by atoms with Gasteiger partial charge in [-0.25, -0.2) is 13.4 Å². The summed E-state index contributed by atoms with van der Waals surface area (Å²) in [5.74, 6) is 0.287. The smallest absolute Gasteiger partial charge is 0.287 e. The summed E-state index contributed by atoms with van der Waals surface area (Å²) in [6.07, 6.45) is 0.314. The van der Waals surface area contributed by atoms with E-state index in [2.05, 4.69) is 10.3 Å². The van der Waals surface area contributed by atoms with E-state index in [1.807, 2.05) is 24.3 Å². The first-order valence-corrected chi connectivity index (χ1v) is 11.5. The van der Waals surface area contributed by atoms with Crippen LogP contribution in [0.2, 0.25) is 0 Å². The number of furan rings is 1. The third kappa shape index (κ3) is 4.38. The van der Waals surface area contributed by atoms with Gasteiger partial charge in [-0.05, 0) is 42.8 Å². The summed E-state index contributed by atoms with van der Waals surface area (Å²) >= 11 is 1.49. The molecule has 29 heavy (non-hydrogen) atoms. The number of carbonyl (C=O) groups is 1. The first-order chi connectivity index (χ1) is 14.0. The summed E-state index contributed by atoms with van der Waals surface area (Å²) in [5, 5.41) is 3.41. The number of rotatable bonds is 7. The number of thiazole rings is 1. The molecule has 2 aromatic heterocycles. The van der Waals surface area contributed by atoms with Crippen molar-refractivity contribution in [3.63, 3.8) is 0 Å². The van der Waals surface area contributed by atoms with E-state index in [1.165, 1.54) is 11.3 Å². The predicted octanol–water partition coefficient (Wildman–Crippen LogP) is 4.15. The third-order valence-corrected chi connectivity index (χ3v) is 7.18. The average Bonchev–Trinajstić information content (AvgIpc) is 3.38. The van der Waals surface area contributed by atoms with Crippen molar-refractivity contribution >= 4 is 37.3 Å². The molecule has 0 bridgehead atoms. The maximum Gasteiger partial charge on any atom is 0.287 e. The van der Waals surface area contributed by atoms with Crippen molar-refractivity contribution < 1.29 is 17.6 Å². The van der Waals surface area contributed by atoms with E-state index in [-0.39, 0.29) is 28.9 Å². The summed E-state index contributed by atoms with van der Waals surface area (Å²) in [6.45, 7) is 0.238. The van der Waals surface area contributed by atoms with Crippen LogP contribution in [-0.2, 0) is 9.84 Å². The lowest BCUT2D eigenvalue weighted by molar-refractivity contribution is 0.0927. The Kier molecular flexibility index (Phi) is 5.46. The molecule has 0 unspecified atom stereocenters. The van der Waals surface area contributed by atoms with Crippen LogP contribution in [0.1, 0.15) is 17.0 Å². The second kappa shape index (κ2) is 8.18. The molecule has 0 saturated heterocycles. The quantitative estimate of drug-likeness (QED) is 0.449. The van der Waals surface area contributed by atoms with Gasteiger partial charge in [0.25, 0.3) is 5.91 Å². The summed E-state index contributed by atoms with van der Waals surface area (Å²) in [7, 11) is -3.35. The molecule has 0 aliphatic carbocycles. The second-order valence-electron chi connectivity index (χ2n) is 6.39. The number of amides is 1. The third-order valence-electron chi connectivity index (χ3n) is 4.31. The second-order valence-corrected chi connectivity index (χ2v) is 9.53. The van der Waals surface area contributed by atoms with E-state index in [0.29, 0.717) is 17.2 Å².